The Kier molecular flexibility index (Phi) is 2.75. The predicted octanol–water partition coefficient (Wildman–Crippen LogP) is 3.29. The molecule has 0 fully saturated rings. The number of imidazole rings is 1. The lowest BCUT2D eigenvalue weighted by molar-refractivity contribution is 0.543. The fraction of sp³-hybridized carbons (Fsp3) is 0.118. The van der Waals surface area contributed by atoms with Crippen molar-refractivity contribution in [1.82, 2.24) is 9.55 Å². The molecule has 0 saturated heterocycles. The summed E-state index contributed by atoms with van der Waals surface area (Å²) < 4.78 is 7.98. The van der Waals surface area contributed by atoms with E-state index in [-0.39, 0.29) is 0 Å². The molecule has 0 unspecified atom stereocenters. The van der Waals surface area contributed by atoms with Gasteiger partial charge < -0.3 is 14.7 Å². The number of rotatable bonds is 3. The molecule has 0 atom stereocenters. The Balaban J connectivity index is 1.87. The van der Waals surface area contributed by atoms with Crippen LogP contribution < -0.4 is 5.73 Å². The number of hydrogen-bond acceptors (Lipinski definition) is 3. The minimum atomic E-state index is 0.399. The van der Waals surface area contributed by atoms with Crippen molar-refractivity contribution in [2.45, 2.75) is 13.1 Å². The zero-order valence-electron chi connectivity index (χ0n) is 11.5. The van der Waals surface area contributed by atoms with Gasteiger partial charge in [-0.15, -0.1) is 0 Å². The van der Waals surface area contributed by atoms with Crippen molar-refractivity contribution in [3.63, 3.8) is 0 Å². The maximum atomic E-state index is 5.85. The summed E-state index contributed by atoms with van der Waals surface area (Å²) in [6.45, 7) is 1.11. The summed E-state index contributed by atoms with van der Waals surface area (Å²) in [6.07, 6.45) is 1.87. The van der Waals surface area contributed by atoms with Crippen LogP contribution in [0, 0.1) is 0 Å². The highest BCUT2D eigenvalue weighted by molar-refractivity contribution is 5.82. The van der Waals surface area contributed by atoms with E-state index in [1.807, 2.05) is 42.7 Å². The molecule has 0 amide bonds. The highest BCUT2D eigenvalue weighted by Crippen LogP contribution is 2.27. The maximum absolute atomic E-state index is 5.85. The molecule has 0 radical (unpaired) electrons. The van der Waals surface area contributed by atoms with Crippen LogP contribution in [0.5, 0.6) is 0 Å². The number of nitrogens with two attached hydrogens (primary N) is 1. The number of furan rings is 1. The lowest BCUT2D eigenvalue weighted by Crippen LogP contribution is -2.03. The van der Waals surface area contributed by atoms with Gasteiger partial charge in [0.05, 0.1) is 30.5 Å². The maximum Gasteiger partial charge on any atom is 0.134 e. The van der Waals surface area contributed by atoms with Gasteiger partial charge in [-0.2, -0.15) is 0 Å². The molecule has 0 bridgehead atoms. The minimum Gasteiger partial charge on any atom is -0.459 e. The number of para-hydroxylation sites is 3. The Labute approximate surface area is 121 Å². The molecule has 21 heavy (non-hydrogen) atoms. The van der Waals surface area contributed by atoms with Crippen molar-refractivity contribution in [1.29, 1.82) is 0 Å². The van der Waals surface area contributed by atoms with Gasteiger partial charge in [-0.3, -0.25) is 0 Å². The van der Waals surface area contributed by atoms with Gasteiger partial charge in [-0.1, -0.05) is 30.3 Å². The average Bonchev–Trinajstić information content (AvgIpc) is 3.10. The van der Waals surface area contributed by atoms with Crippen LogP contribution in [0.3, 0.4) is 0 Å². The third-order valence-electron chi connectivity index (χ3n) is 3.82. The summed E-state index contributed by atoms with van der Waals surface area (Å²) in [5, 5.41) is 1.12. The number of aromatic nitrogens is 2. The van der Waals surface area contributed by atoms with E-state index in [9.17, 15) is 0 Å². The molecule has 0 aliphatic rings. The Morgan fingerprint density at radius 1 is 1.05 bits per heavy atom. The van der Waals surface area contributed by atoms with Gasteiger partial charge in [0.15, 0.2) is 0 Å². The van der Waals surface area contributed by atoms with Crippen molar-refractivity contribution in [2.75, 3.05) is 0 Å². The van der Waals surface area contributed by atoms with Gasteiger partial charge in [0.2, 0.25) is 0 Å². The van der Waals surface area contributed by atoms with E-state index in [4.69, 9.17) is 10.2 Å². The van der Waals surface area contributed by atoms with Crippen molar-refractivity contribution in [2.24, 2.45) is 5.73 Å². The van der Waals surface area contributed by atoms with Crippen LogP contribution in [0.25, 0.3) is 22.0 Å². The summed E-state index contributed by atoms with van der Waals surface area (Å²) in [5.41, 5.74) is 9.98. The summed E-state index contributed by atoms with van der Waals surface area (Å²) in [4.78, 5) is 4.44. The van der Waals surface area contributed by atoms with Gasteiger partial charge in [-0.05, 0) is 18.2 Å². The number of fused-ring (bicyclic) bond motifs is 2. The van der Waals surface area contributed by atoms with Gasteiger partial charge in [-0.25, -0.2) is 4.98 Å². The number of hydrogen-bond donors (Lipinski definition) is 1. The highest BCUT2D eigenvalue weighted by Gasteiger charge is 2.14. The van der Waals surface area contributed by atoms with Crippen LogP contribution in [-0.4, -0.2) is 9.55 Å². The molecule has 4 heteroatoms. The Hall–Kier alpha value is -2.59. The fourth-order valence-electron chi connectivity index (χ4n) is 2.79. The number of benzene rings is 2. The average molecular weight is 277 g/mol. The van der Waals surface area contributed by atoms with E-state index < -0.39 is 0 Å². The highest BCUT2D eigenvalue weighted by atomic mass is 16.3. The van der Waals surface area contributed by atoms with Gasteiger partial charge in [0.1, 0.15) is 11.3 Å². The molecular formula is C17H15N3O. The molecule has 2 N–H and O–H groups in total. The van der Waals surface area contributed by atoms with E-state index in [1.165, 1.54) is 0 Å². The molecule has 4 aromatic rings. The normalized spacial score (nSPS) is 11.5. The lowest BCUT2D eigenvalue weighted by atomic mass is 10.1. The van der Waals surface area contributed by atoms with Crippen LogP contribution in [0.2, 0.25) is 0 Å². The molecule has 0 aliphatic carbocycles. The first-order valence-electron chi connectivity index (χ1n) is 6.96. The standard InChI is InChI=1S/C17H15N3O/c18-9-17-13(12-5-1-4-8-16(12)21-17)10-20-11-19-14-6-2-3-7-15(14)20/h1-8,11H,9-10,18H2. The lowest BCUT2D eigenvalue weighted by Gasteiger charge is -2.05. The molecule has 104 valence electrons. The smallest absolute Gasteiger partial charge is 0.134 e. The van der Waals surface area contributed by atoms with Crippen LogP contribution >= 0.6 is 0 Å². The van der Waals surface area contributed by atoms with Gasteiger partial charge in [0.25, 0.3) is 0 Å². The molecular weight excluding hydrogens is 262 g/mol. The van der Waals surface area contributed by atoms with E-state index in [0.29, 0.717) is 13.1 Å². The quantitative estimate of drug-likeness (QED) is 0.625. The molecule has 2 aromatic carbocycles. The second-order valence-electron chi connectivity index (χ2n) is 5.07. The molecule has 2 heterocycles. The first kappa shape index (κ1) is 12.2. The van der Waals surface area contributed by atoms with E-state index >= 15 is 0 Å². The topological polar surface area (TPSA) is 57.0 Å². The Morgan fingerprint density at radius 3 is 2.76 bits per heavy atom. The first-order valence-corrected chi connectivity index (χ1v) is 6.96. The first-order chi connectivity index (χ1) is 10.4. The zero-order valence-corrected chi connectivity index (χ0v) is 11.5. The third-order valence-corrected chi connectivity index (χ3v) is 3.82. The van der Waals surface area contributed by atoms with E-state index in [2.05, 4.69) is 21.7 Å². The van der Waals surface area contributed by atoms with Gasteiger partial charge >= 0.3 is 0 Å². The molecule has 0 saturated carbocycles. The van der Waals surface area contributed by atoms with Gasteiger partial charge in [0, 0.05) is 10.9 Å². The van der Waals surface area contributed by atoms with Crippen LogP contribution in [0.4, 0.5) is 0 Å². The van der Waals surface area contributed by atoms with E-state index in [1.54, 1.807) is 0 Å². The van der Waals surface area contributed by atoms with Crippen molar-refractivity contribution in [3.05, 3.63) is 66.2 Å². The summed E-state index contributed by atoms with van der Waals surface area (Å²) in [7, 11) is 0. The largest absolute Gasteiger partial charge is 0.459 e. The molecule has 4 nitrogen and oxygen atoms in total. The summed E-state index contributed by atoms with van der Waals surface area (Å²) >= 11 is 0. The monoisotopic (exact) mass is 277 g/mol. The summed E-state index contributed by atoms with van der Waals surface area (Å²) in [6, 6.07) is 16.2. The Bertz CT molecular complexity index is 920. The molecule has 4 rings (SSSR count). The fourth-order valence-corrected chi connectivity index (χ4v) is 2.79. The molecule has 0 aliphatic heterocycles. The van der Waals surface area contributed by atoms with Crippen LogP contribution in [0.1, 0.15) is 11.3 Å². The second kappa shape index (κ2) is 4.75. The number of nitrogens with zero attached hydrogens (tertiary/aromatic N) is 2. The van der Waals surface area contributed by atoms with Crippen molar-refractivity contribution in [3.8, 4) is 0 Å². The van der Waals surface area contributed by atoms with Crippen molar-refractivity contribution >= 4 is 22.0 Å². The second-order valence-corrected chi connectivity index (χ2v) is 5.07. The molecule has 0 spiro atoms. The van der Waals surface area contributed by atoms with Crippen LogP contribution in [-0.2, 0) is 13.1 Å². The van der Waals surface area contributed by atoms with Crippen molar-refractivity contribution < 1.29 is 4.42 Å². The SMILES string of the molecule is NCc1oc2ccccc2c1Cn1cnc2ccccc21. The zero-order chi connectivity index (χ0) is 14.2. The molecule has 2 aromatic heterocycles. The minimum absolute atomic E-state index is 0.399. The summed E-state index contributed by atoms with van der Waals surface area (Å²) in [5.74, 6) is 0.842. The third kappa shape index (κ3) is 1.92. The van der Waals surface area contributed by atoms with E-state index in [0.717, 1.165) is 33.3 Å². The Morgan fingerprint density at radius 2 is 1.86 bits per heavy atom. The predicted molar refractivity (Wildman–Crippen MR) is 82.9 cm³/mol. The van der Waals surface area contributed by atoms with Crippen LogP contribution in [0.15, 0.2) is 59.3 Å².